The third kappa shape index (κ3) is 4.78. The van der Waals surface area contributed by atoms with Crippen LogP contribution in [0.3, 0.4) is 0 Å². The Balaban J connectivity index is 1.72. The third-order valence-corrected chi connectivity index (χ3v) is 5.33. The summed E-state index contributed by atoms with van der Waals surface area (Å²) >= 11 is 0. The average Bonchev–Trinajstić information content (AvgIpc) is 3.17. The predicted molar refractivity (Wildman–Crippen MR) is 110 cm³/mol. The van der Waals surface area contributed by atoms with E-state index in [1.807, 2.05) is 42.5 Å². The fraction of sp³-hybridized carbons (Fsp3) is 0.391. The molecule has 148 valence electrons. The van der Waals surface area contributed by atoms with Crippen molar-refractivity contribution in [2.75, 3.05) is 6.61 Å². The van der Waals surface area contributed by atoms with Gasteiger partial charge in [0.2, 0.25) is 5.91 Å². The summed E-state index contributed by atoms with van der Waals surface area (Å²) in [6.07, 6.45) is 3.56. The van der Waals surface area contributed by atoms with E-state index >= 15 is 0 Å². The van der Waals surface area contributed by atoms with E-state index < -0.39 is 17.6 Å². The van der Waals surface area contributed by atoms with Crippen molar-refractivity contribution >= 4 is 11.9 Å². The van der Waals surface area contributed by atoms with Crippen LogP contribution in [-0.4, -0.2) is 30.1 Å². The Bertz CT molecular complexity index is 796. The molecule has 0 radical (unpaired) electrons. The monoisotopic (exact) mass is 380 g/mol. The summed E-state index contributed by atoms with van der Waals surface area (Å²) in [6.45, 7) is 2.03. The minimum atomic E-state index is -0.873. The Labute approximate surface area is 166 Å². The first-order valence-electron chi connectivity index (χ1n) is 9.93. The number of esters is 1. The van der Waals surface area contributed by atoms with Gasteiger partial charge < -0.3 is 15.8 Å². The maximum absolute atomic E-state index is 12.7. The van der Waals surface area contributed by atoms with Gasteiger partial charge in [-0.3, -0.25) is 4.79 Å². The van der Waals surface area contributed by atoms with Crippen molar-refractivity contribution in [3.05, 3.63) is 60.2 Å². The van der Waals surface area contributed by atoms with Crippen LogP contribution >= 0.6 is 0 Å². The lowest BCUT2D eigenvalue weighted by molar-refractivity contribution is -0.148. The van der Waals surface area contributed by atoms with Gasteiger partial charge in [-0.05, 0) is 36.5 Å². The highest BCUT2D eigenvalue weighted by atomic mass is 16.5. The van der Waals surface area contributed by atoms with Crippen LogP contribution in [0.1, 0.15) is 38.2 Å². The first-order valence-corrected chi connectivity index (χ1v) is 9.93. The van der Waals surface area contributed by atoms with Gasteiger partial charge in [-0.2, -0.15) is 0 Å². The Morgan fingerprint density at radius 2 is 1.64 bits per heavy atom. The Kier molecular flexibility index (Phi) is 6.47. The number of hydrogen-bond acceptors (Lipinski definition) is 4. The molecule has 0 bridgehead atoms. The summed E-state index contributed by atoms with van der Waals surface area (Å²) in [4.78, 5) is 25.1. The molecule has 0 heterocycles. The summed E-state index contributed by atoms with van der Waals surface area (Å²) in [6, 6.07) is 17.4. The minimum Gasteiger partial charge on any atom is -0.464 e. The van der Waals surface area contributed by atoms with E-state index in [4.69, 9.17) is 10.5 Å². The molecular weight excluding hydrogens is 352 g/mol. The summed E-state index contributed by atoms with van der Waals surface area (Å²) in [5.41, 5.74) is 8.56. The van der Waals surface area contributed by atoms with Crippen LogP contribution < -0.4 is 11.1 Å². The molecule has 2 aromatic carbocycles. The number of hydrogen-bond donors (Lipinski definition) is 2. The molecule has 1 atom stereocenters. The summed E-state index contributed by atoms with van der Waals surface area (Å²) in [7, 11) is 0. The molecule has 1 saturated carbocycles. The van der Waals surface area contributed by atoms with E-state index in [1.165, 1.54) is 0 Å². The molecule has 0 unspecified atom stereocenters. The number of rotatable bonds is 7. The summed E-state index contributed by atoms with van der Waals surface area (Å²) in [5, 5.41) is 2.84. The molecule has 0 aliphatic heterocycles. The zero-order chi connectivity index (χ0) is 20.0. The Hall–Kier alpha value is -2.66. The van der Waals surface area contributed by atoms with Crippen molar-refractivity contribution in [2.45, 2.75) is 50.6 Å². The molecule has 28 heavy (non-hydrogen) atoms. The maximum atomic E-state index is 12.7. The van der Waals surface area contributed by atoms with Crippen LogP contribution in [0.2, 0.25) is 0 Å². The number of amides is 1. The molecule has 3 rings (SSSR count). The highest BCUT2D eigenvalue weighted by Crippen LogP contribution is 2.27. The number of nitrogens with one attached hydrogen (secondary N) is 1. The molecule has 5 heteroatoms. The summed E-state index contributed by atoms with van der Waals surface area (Å²) < 4.78 is 5.17. The van der Waals surface area contributed by atoms with E-state index in [9.17, 15) is 9.59 Å². The fourth-order valence-electron chi connectivity index (χ4n) is 3.67. The van der Waals surface area contributed by atoms with Gasteiger partial charge >= 0.3 is 5.97 Å². The first kappa shape index (κ1) is 20.1. The van der Waals surface area contributed by atoms with Gasteiger partial charge in [-0.1, -0.05) is 67.4 Å². The van der Waals surface area contributed by atoms with Crippen molar-refractivity contribution in [3.8, 4) is 11.1 Å². The largest absolute Gasteiger partial charge is 0.464 e. The number of carbonyl (C=O) groups is 2. The second-order valence-corrected chi connectivity index (χ2v) is 7.41. The van der Waals surface area contributed by atoms with Gasteiger partial charge in [0, 0.05) is 6.42 Å². The van der Waals surface area contributed by atoms with E-state index in [0.29, 0.717) is 19.3 Å². The second-order valence-electron chi connectivity index (χ2n) is 7.41. The normalized spacial score (nSPS) is 16.4. The third-order valence-electron chi connectivity index (χ3n) is 5.33. The molecule has 1 aliphatic carbocycles. The van der Waals surface area contributed by atoms with Crippen LogP contribution in [0.5, 0.6) is 0 Å². The first-order chi connectivity index (χ1) is 13.5. The lowest BCUT2D eigenvalue weighted by Gasteiger charge is -2.26. The smallest absolute Gasteiger partial charge is 0.328 e. The standard InChI is InChI=1S/C23H28N2O3/c1-2-28-21(26)20(25-22(27)23(24)14-6-7-15-23)16-17-10-12-19(13-11-17)18-8-4-3-5-9-18/h3-5,8-13,20H,2,6-7,14-16,24H2,1H3,(H,25,27)/t20-/m0/s1. The van der Waals surface area contributed by atoms with Crippen LogP contribution in [0, 0.1) is 0 Å². The lowest BCUT2D eigenvalue weighted by atomic mass is 9.96. The van der Waals surface area contributed by atoms with E-state index in [-0.39, 0.29) is 12.5 Å². The molecule has 0 saturated heterocycles. The molecular formula is C23H28N2O3. The quantitative estimate of drug-likeness (QED) is 0.723. The Morgan fingerprint density at radius 1 is 1.04 bits per heavy atom. The van der Waals surface area contributed by atoms with Crippen molar-refractivity contribution in [3.63, 3.8) is 0 Å². The van der Waals surface area contributed by atoms with Crippen LogP contribution in [0.4, 0.5) is 0 Å². The highest BCUT2D eigenvalue weighted by Gasteiger charge is 2.39. The molecule has 1 amide bonds. The molecule has 1 aliphatic rings. The number of nitrogens with two attached hydrogens (primary N) is 1. The number of ether oxygens (including phenoxy) is 1. The highest BCUT2D eigenvalue weighted by molar-refractivity contribution is 5.90. The van der Waals surface area contributed by atoms with Gasteiger partial charge in [0.15, 0.2) is 0 Å². The van der Waals surface area contributed by atoms with Crippen LogP contribution in [0.15, 0.2) is 54.6 Å². The fourth-order valence-corrected chi connectivity index (χ4v) is 3.67. The van der Waals surface area contributed by atoms with E-state index in [0.717, 1.165) is 29.5 Å². The molecule has 0 spiro atoms. The zero-order valence-corrected chi connectivity index (χ0v) is 16.3. The molecule has 5 nitrogen and oxygen atoms in total. The van der Waals surface area contributed by atoms with Gasteiger partial charge in [-0.15, -0.1) is 0 Å². The van der Waals surface area contributed by atoms with E-state index in [2.05, 4.69) is 17.4 Å². The zero-order valence-electron chi connectivity index (χ0n) is 16.3. The maximum Gasteiger partial charge on any atom is 0.328 e. The van der Waals surface area contributed by atoms with Crippen molar-refractivity contribution in [1.29, 1.82) is 0 Å². The second kappa shape index (κ2) is 9.02. The minimum absolute atomic E-state index is 0.260. The lowest BCUT2D eigenvalue weighted by Crippen LogP contribution is -2.56. The average molecular weight is 380 g/mol. The Morgan fingerprint density at radius 3 is 2.25 bits per heavy atom. The van der Waals surface area contributed by atoms with Crippen molar-refractivity contribution < 1.29 is 14.3 Å². The number of benzene rings is 2. The topological polar surface area (TPSA) is 81.4 Å². The molecule has 1 fully saturated rings. The molecule has 0 aromatic heterocycles. The van der Waals surface area contributed by atoms with Gasteiger partial charge in [0.05, 0.1) is 12.1 Å². The molecule has 3 N–H and O–H groups in total. The van der Waals surface area contributed by atoms with Crippen molar-refractivity contribution in [2.24, 2.45) is 5.73 Å². The van der Waals surface area contributed by atoms with Gasteiger partial charge in [0.1, 0.15) is 6.04 Å². The van der Waals surface area contributed by atoms with Crippen LogP contribution in [0.25, 0.3) is 11.1 Å². The molecule has 2 aromatic rings. The van der Waals surface area contributed by atoms with Crippen LogP contribution in [-0.2, 0) is 20.7 Å². The number of carbonyl (C=O) groups excluding carboxylic acids is 2. The van der Waals surface area contributed by atoms with Crippen molar-refractivity contribution in [1.82, 2.24) is 5.32 Å². The van der Waals surface area contributed by atoms with Gasteiger partial charge in [0.25, 0.3) is 0 Å². The predicted octanol–water partition coefficient (Wildman–Crippen LogP) is 3.22. The SMILES string of the molecule is CCOC(=O)[C@H](Cc1ccc(-c2ccccc2)cc1)NC(=O)C1(N)CCCC1. The van der Waals surface area contributed by atoms with Gasteiger partial charge in [-0.25, -0.2) is 4.79 Å². The van der Waals surface area contributed by atoms with E-state index in [1.54, 1.807) is 6.92 Å². The summed E-state index contributed by atoms with van der Waals surface area (Å²) in [5.74, 6) is -0.687.